The van der Waals surface area contributed by atoms with Gasteiger partial charge in [-0.15, -0.1) is 0 Å². The molecule has 0 spiro atoms. The average Bonchev–Trinajstić information content (AvgIpc) is 2.85. The summed E-state index contributed by atoms with van der Waals surface area (Å²) >= 11 is 5.98. The van der Waals surface area contributed by atoms with Crippen LogP contribution in [0, 0.1) is 5.82 Å². The zero-order valence-corrected chi connectivity index (χ0v) is 10.5. The molecule has 0 saturated heterocycles. The predicted molar refractivity (Wildman–Crippen MR) is 68.6 cm³/mol. The van der Waals surface area contributed by atoms with Gasteiger partial charge in [0.25, 0.3) is 0 Å². The van der Waals surface area contributed by atoms with E-state index < -0.39 is 0 Å². The lowest BCUT2D eigenvalue weighted by Gasteiger charge is -2.15. The SMILES string of the molecule is NNC(Cc1ccco1)Cc1c(F)cccc1Cl. The molecule has 1 atom stereocenters. The van der Waals surface area contributed by atoms with E-state index in [-0.39, 0.29) is 11.9 Å². The van der Waals surface area contributed by atoms with Gasteiger partial charge >= 0.3 is 0 Å². The second kappa shape index (κ2) is 6.00. The van der Waals surface area contributed by atoms with Crippen molar-refractivity contribution in [2.45, 2.75) is 18.9 Å². The molecule has 0 radical (unpaired) electrons. The van der Waals surface area contributed by atoms with Crippen molar-refractivity contribution in [3.8, 4) is 0 Å². The Morgan fingerprint density at radius 3 is 2.72 bits per heavy atom. The highest BCUT2D eigenvalue weighted by Gasteiger charge is 2.15. The number of nitrogens with two attached hydrogens (primary N) is 1. The monoisotopic (exact) mass is 268 g/mol. The van der Waals surface area contributed by atoms with Crippen LogP contribution >= 0.6 is 11.6 Å². The van der Waals surface area contributed by atoms with Gasteiger partial charge in [0.2, 0.25) is 0 Å². The predicted octanol–water partition coefficient (Wildman–Crippen LogP) is 2.69. The summed E-state index contributed by atoms with van der Waals surface area (Å²) in [5.74, 6) is 5.96. The van der Waals surface area contributed by atoms with Crippen molar-refractivity contribution in [2.24, 2.45) is 5.84 Å². The summed E-state index contributed by atoms with van der Waals surface area (Å²) in [6, 6.07) is 8.16. The van der Waals surface area contributed by atoms with Gasteiger partial charge < -0.3 is 4.42 Å². The van der Waals surface area contributed by atoms with E-state index in [0.717, 1.165) is 5.76 Å². The highest BCUT2D eigenvalue weighted by Crippen LogP contribution is 2.21. The van der Waals surface area contributed by atoms with Crippen molar-refractivity contribution < 1.29 is 8.81 Å². The van der Waals surface area contributed by atoms with Crippen molar-refractivity contribution in [3.63, 3.8) is 0 Å². The Hall–Kier alpha value is -1.36. The topological polar surface area (TPSA) is 51.2 Å². The van der Waals surface area contributed by atoms with Crippen LogP contribution in [0.5, 0.6) is 0 Å². The van der Waals surface area contributed by atoms with Crippen LogP contribution in [0.25, 0.3) is 0 Å². The molecular formula is C13H14ClFN2O. The van der Waals surface area contributed by atoms with Crippen LogP contribution in [0.15, 0.2) is 41.0 Å². The smallest absolute Gasteiger partial charge is 0.127 e. The van der Waals surface area contributed by atoms with Crippen LogP contribution in [0.2, 0.25) is 5.02 Å². The molecule has 1 aromatic carbocycles. The van der Waals surface area contributed by atoms with Gasteiger partial charge in [-0.3, -0.25) is 11.3 Å². The van der Waals surface area contributed by atoms with E-state index >= 15 is 0 Å². The zero-order chi connectivity index (χ0) is 13.0. The van der Waals surface area contributed by atoms with E-state index in [0.29, 0.717) is 23.4 Å². The second-order valence-electron chi connectivity index (χ2n) is 4.05. The first-order valence-corrected chi connectivity index (χ1v) is 6.00. The Kier molecular flexibility index (Phi) is 4.36. The third-order valence-corrected chi connectivity index (χ3v) is 3.13. The minimum absolute atomic E-state index is 0.134. The second-order valence-corrected chi connectivity index (χ2v) is 4.46. The third kappa shape index (κ3) is 3.10. The summed E-state index contributed by atoms with van der Waals surface area (Å²) in [5.41, 5.74) is 3.12. The summed E-state index contributed by atoms with van der Waals surface area (Å²) in [5, 5.41) is 0.412. The Balaban J connectivity index is 2.10. The van der Waals surface area contributed by atoms with Gasteiger partial charge in [0.15, 0.2) is 0 Å². The average molecular weight is 269 g/mol. The summed E-state index contributed by atoms with van der Waals surface area (Å²) in [7, 11) is 0. The fraction of sp³-hybridized carbons (Fsp3) is 0.231. The van der Waals surface area contributed by atoms with Gasteiger partial charge in [-0.2, -0.15) is 0 Å². The molecule has 2 rings (SSSR count). The number of hydrazine groups is 1. The van der Waals surface area contributed by atoms with Gasteiger partial charge in [0.1, 0.15) is 11.6 Å². The maximum Gasteiger partial charge on any atom is 0.127 e. The lowest BCUT2D eigenvalue weighted by molar-refractivity contribution is 0.440. The van der Waals surface area contributed by atoms with Crippen LogP contribution in [-0.4, -0.2) is 6.04 Å². The molecule has 0 bridgehead atoms. The van der Waals surface area contributed by atoms with Crippen molar-refractivity contribution in [1.82, 2.24) is 5.43 Å². The Morgan fingerprint density at radius 2 is 2.11 bits per heavy atom. The summed E-state index contributed by atoms with van der Waals surface area (Å²) in [4.78, 5) is 0. The molecule has 0 aliphatic carbocycles. The number of benzene rings is 1. The lowest BCUT2D eigenvalue weighted by atomic mass is 10.0. The third-order valence-electron chi connectivity index (χ3n) is 2.78. The van der Waals surface area contributed by atoms with Crippen LogP contribution < -0.4 is 11.3 Å². The van der Waals surface area contributed by atoms with Gasteiger partial charge in [0, 0.05) is 23.0 Å². The number of furan rings is 1. The summed E-state index contributed by atoms with van der Waals surface area (Å²) in [6.07, 6.45) is 2.58. The number of hydrogen-bond donors (Lipinski definition) is 2. The first-order valence-electron chi connectivity index (χ1n) is 5.62. The molecule has 2 aromatic rings. The van der Waals surface area contributed by atoms with Crippen molar-refractivity contribution in [2.75, 3.05) is 0 Å². The van der Waals surface area contributed by atoms with Gasteiger partial charge in [-0.1, -0.05) is 17.7 Å². The summed E-state index contributed by atoms with van der Waals surface area (Å²) < 4.78 is 18.9. The minimum atomic E-state index is -0.317. The maximum absolute atomic E-state index is 13.6. The van der Waals surface area contributed by atoms with E-state index in [4.69, 9.17) is 21.9 Å². The first kappa shape index (κ1) is 13.1. The van der Waals surface area contributed by atoms with Crippen molar-refractivity contribution in [1.29, 1.82) is 0 Å². The largest absolute Gasteiger partial charge is 0.469 e. The summed E-state index contributed by atoms with van der Waals surface area (Å²) in [6.45, 7) is 0. The molecule has 3 N–H and O–H groups in total. The fourth-order valence-corrected chi connectivity index (χ4v) is 2.08. The Labute approximate surface area is 110 Å². The van der Waals surface area contributed by atoms with Crippen LogP contribution in [-0.2, 0) is 12.8 Å². The lowest BCUT2D eigenvalue weighted by Crippen LogP contribution is -2.38. The van der Waals surface area contributed by atoms with Crippen LogP contribution in [0.3, 0.4) is 0 Å². The van der Waals surface area contributed by atoms with E-state index in [1.54, 1.807) is 24.5 Å². The minimum Gasteiger partial charge on any atom is -0.469 e. The molecule has 1 aromatic heterocycles. The normalized spacial score (nSPS) is 12.6. The van der Waals surface area contributed by atoms with E-state index in [1.807, 2.05) is 6.07 Å². The molecule has 0 saturated carbocycles. The molecule has 5 heteroatoms. The first-order chi connectivity index (χ1) is 8.70. The maximum atomic E-state index is 13.6. The van der Waals surface area contributed by atoms with Gasteiger partial charge in [0.05, 0.1) is 6.26 Å². The fourth-order valence-electron chi connectivity index (χ4n) is 1.84. The van der Waals surface area contributed by atoms with Gasteiger partial charge in [-0.25, -0.2) is 4.39 Å². The molecule has 96 valence electrons. The highest BCUT2D eigenvalue weighted by atomic mass is 35.5. The van der Waals surface area contributed by atoms with Crippen molar-refractivity contribution in [3.05, 3.63) is 58.8 Å². The molecule has 0 aliphatic heterocycles. The quantitative estimate of drug-likeness (QED) is 0.648. The molecule has 0 fully saturated rings. The van der Waals surface area contributed by atoms with E-state index in [2.05, 4.69) is 5.43 Å². The molecule has 1 heterocycles. The van der Waals surface area contributed by atoms with Crippen LogP contribution in [0.4, 0.5) is 4.39 Å². The Morgan fingerprint density at radius 1 is 1.28 bits per heavy atom. The van der Waals surface area contributed by atoms with E-state index in [1.165, 1.54) is 6.07 Å². The standard InChI is InChI=1S/C13H14ClFN2O/c14-12-4-1-5-13(15)11(12)8-9(17-16)7-10-3-2-6-18-10/h1-6,9,17H,7-8,16H2. The highest BCUT2D eigenvalue weighted by molar-refractivity contribution is 6.31. The molecule has 1 unspecified atom stereocenters. The zero-order valence-electron chi connectivity index (χ0n) is 9.70. The van der Waals surface area contributed by atoms with E-state index in [9.17, 15) is 4.39 Å². The molecule has 18 heavy (non-hydrogen) atoms. The number of nitrogens with one attached hydrogen (secondary N) is 1. The molecular weight excluding hydrogens is 255 g/mol. The molecule has 3 nitrogen and oxygen atoms in total. The molecule has 0 amide bonds. The van der Waals surface area contributed by atoms with Crippen molar-refractivity contribution >= 4 is 11.6 Å². The number of halogens is 2. The van der Waals surface area contributed by atoms with Crippen LogP contribution in [0.1, 0.15) is 11.3 Å². The number of hydrogen-bond acceptors (Lipinski definition) is 3. The van der Waals surface area contributed by atoms with Gasteiger partial charge in [-0.05, 0) is 30.7 Å². The Bertz CT molecular complexity index is 481. The molecule has 0 aliphatic rings. The number of rotatable bonds is 5.